The van der Waals surface area contributed by atoms with Gasteiger partial charge in [0.15, 0.2) is 17.5 Å². The fourth-order valence-electron chi connectivity index (χ4n) is 4.68. The van der Waals surface area contributed by atoms with Crippen LogP contribution in [0.4, 0.5) is 22.0 Å². The van der Waals surface area contributed by atoms with Gasteiger partial charge in [-0.25, -0.2) is 18.1 Å². The van der Waals surface area contributed by atoms with Crippen LogP contribution in [0.3, 0.4) is 0 Å². The Morgan fingerprint density at radius 2 is 1.21 bits per heavy atom. The third-order valence-corrected chi connectivity index (χ3v) is 6.38. The van der Waals surface area contributed by atoms with E-state index in [1.807, 2.05) is 48.5 Å². The molecule has 0 unspecified atom stereocenters. The second-order valence-electron chi connectivity index (χ2n) is 8.24. The predicted octanol–water partition coefficient (Wildman–Crippen LogP) is 7.66. The first-order valence-corrected chi connectivity index (χ1v) is 10.7. The zero-order valence-electron chi connectivity index (χ0n) is 18.0. The van der Waals surface area contributed by atoms with E-state index in [9.17, 15) is 13.2 Å². The van der Waals surface area contributed by atoms with Gasteiger partial charge in [0.2, 0.25) is 0 Å². The maximum absolute atomic E-state index is 15.1. The van der Waals surface area contributed by atoms with Crippen molar-refractivity contribution in [1.82, 2.24) is 4.90 Å². The molecule has 1 aliphatic carbocycles. The van der Waals surface area contributed by atoms with Gasteiger partial charge in [0.05, 0.1) is 5.56 Å². The van der Waals surface area contributed by atoms with Crippen molar-refractivity contribution in [2.24, 2.45) is 0 Å². The summed E-state index contributed by atoms with van der Waals surface area (Å²) in [7, 11) is 0. The summed E-state index contributed by atoms with van der Waals surface area (Å²) in [6, 6.07) is 13.3. The van der Waals surface area contributed by atoms with Crippen LogP contribution >= 0.6 is 12.4 Å². The Labute approximate surface area is 200 Å². The highest BCUT2D eigenvalue weighted by Gasteiger charge is 2.43. The summed E-state index contributed by atoms with van der Waals surface area (Å²) in [5, 5.41) is 0. The van der Waals surface area contributed by atoms with Gasteiger partial charge in [0.25, 0.3) is 0 Å². The number of piperidine rings is 1. The molecule has 5 rings (SSSR count). The van der Waals surface area contributed by atoms with E-state index in [4.69, 9.17) is 0 Å². The first-order valence-electron chi connectivity index (χ1n) is 10.7. The van der Waals surface area contributed by atoms with Crippen LogP contribution in [0.25, 0.3) is 17.7 Å². The van der Waals surface area contributed by atoms with Crippen molar-refractivity contribution in [2.75, 3.05) is 13.1 Å². The first kappa shape index (κ1) is 24.2. The van der Waals surface area contributed by atoms with E-state index in [0.717, 1.165) is 38.3 Å². The van der Waals surface area contributed by atoms with Crippen molar-refractivity contribution in [3.63, 3.8) is 0 Å². The largest absolute Gasteiger partial charge is 0.334 e. The molecule has 34 heavy (non-hydrogen) atoms. The summed E-state index contributed by atoms with van der Waals surface area (Å²) < 4.78 is 71.1. The molecule has 1 saturated heterocycles. The van der Waals surface area contributed by atoms with E-state index < -0.39 is 29.1 Å². The lowest BCUT2D eigenvalue weighted by atomic mass is 9.86. The highest BCUT2D eigenvalue weighted by Crippen LogP contribution is 2.42. The first-order chi connectivity index (χ1) is 15.9. The Kier molecular flexibility index (Phi) is 6.65. The quantitative estimate of drug-likeness (QED) is 0.159. The summed E-state index contributed by atoms with van der Waals surface area (Å²) >= 11 is 0. The molecule has 2 aliphatic rings. The van der Waals surface area contributed by atoms with Crippen molar-refractivity contribution < 1.29 is 22.0 Å². The summed E-state index contributed by atoms with van der Waals surface area (Å²) in [6.45, 7) is -0.0793. The van der Waals surface area contributed by atoms with E-state index in [0.29, 0.717) is 25.0 Å². The van der Waals surface area contributed by atoms with Crippen LogP contribution in [0.15, 0.2) is 66.2 Å². The van der Waals surface area contributed by atoms with Crippen molar-refractivity contribution >= 4 is 30.1 Å². The standard InChI is InChI=1S/C27H20F5N.ClH/c28-23-12-11-22(25(29)26(23)30)27(31,32)33-15-13-19(14-16-33)24-20-7-3-1-5-17(20)9-10-18-6-2-4-8-21(18)24;/h1-12H,13-16H2;1H. The van der Waals surface area contributed by atoms with Gasteiger partial charge < -0.3 is 0 Å². The molecule has 0 saturated carbocycles. The third-order valence-electron chi connectivity index (χ3n) is 6.38. The van der Waals surface area contributed by atoms with Crippen molar-refractivity contribution in [3.8, 4) is 0 Å². The minimum Gasteiger partial charge on any atom is -0.240 e. The molecule has 0 aromatic heterocycles. The van der Waals surface area contributed by atoms with Crippen LogP contribution in [-0.2, 0) is 6.05 Å². The summed E-state index contributed by atoms with van der Waals surface area (Å²) in [5.41, 5.74) is 5.11. The van der Waals surface area contributed by atoms with Crippen molar-refractivity contribution in [3.05, 3.63) is 112 Å². The van der Waals surface area contributed by atoms with Crippen LogP contribution in [-0.4, -0.2) is 18.0 Å². The highest BCUT2D eigenvalue weighted by atomic mass is 35.5. The lowest BCUT2D eigenvalue weighted by Gasteiger charge is -2.36. The smallest absolute Gasteiger partial charge is 0.240 e. The minimum absolute atomic E-state index is 0. The number of rotatable bonds is 2. The number of halogens is 6. The van der Waals surface area contributed by atoms with Crippen LogP contribution in [0.1, 0.15) is 40.7 Å². The van der Waals surface area contributed by atoms with Gasteiger partial charge >= 0.3 is 6.05 Å². The SMILES string of the molecule is Cl.Fc1ccc(C(F)(F)N2CCC(=C3c4ccccc4C=Cc4ccccc43)CC2)c(F)c1F. The van der Waals surface area contributed by atoms with Gasteiger partial charge in [0.1, 0.15) is 0 Å². The summed E-state index contributed by atoms with van der Waals surface area (Å²) in [5.74, 6) is -5.22. The molecule has 1 nitrogen and oxygen atoms in total. The maximum Gasteiger partial charge on any atom is 0.334 e. The summed E-state index contributed by atoms with van der Waals surface area (Å²) in [6.07, 6.45) is 4.80. The number of hydrogen-bond acceptors (Lipinski definition) is 1. The normalized spacial score (nSPS) is 15.9. The third kappa shape index (κ3) is 4.05. The molecule has 0 atom stereocenters. The molecular formula is C27H21ClF5N. The van der Waals surface area contributed by atoms with Gasteiger partial charge in [-0.05, 0) is 52.8 Å². The van der Waals surface area contributed by atoms with Crippen molar-refractivity contribution in [1.29, 1.82) is 0 Å². The minimum atomic E-state index is -3.75. The van der Waals surface area contributed by atoms with Crippen LogP contribution < -0.4 is 0 Å². The molecule has 3 aromatic rings. The molecule has 0 bridgehead atoms. The Hall–Kier alpha value is -2.96. The monoisotopic (exact) mass is 489 g/mol. The fraction of sp³-hybridized carbons (Fsp3) is 0.185. The van der Waals surface area contributed by atoms with Gasteiger partial charge in [-0.2, -0.15) is 8.78 Å². The number of benzene rings is 3. The van der Waals surface area contributed by atoms with Gasteiger partial charge in [-0.3, -0.25) is 0 Å². The highest BCUT2D eigenvalue weighted by molar-refractivity contribution is 5.94. The molecule has 3 aromatic carbocycles. The second kappa shape index (κ2) is 9.35. The lowest BCUT2D eigenvalue weighted by molar-refractivity contribution is -0.160. The van der Waals surface area contributed by atoms with E-state index in [1.165, 1.54) is 0 Å². The number of fused-ring (bicyclic) bond motifs is 2. The molecule has 7 heteroatoms. The number of hydrogen-bond donors (Lipinski definition) is 0. The van der Waals surface area contributed by atoms with E-state index in [2.05, 4.69) is 12.2 Å². The number of alkyl halides is 2. The van der Waals surface area contributed by atoms with Gasteiger partial charge in [-0.1, -0.05) is 66.3 Å². The molecule has 0 amide bonds. The average molecular weight is 490 g/mol. The van der Waals surface area contributed by atoms with Gasteiger partial charge in [0, 0.05) is 13.1 Å². The topological polar surface area (TPSA) is 3.24 Å². The zero-order chi connectivity index (χ0) is 23.2. The van der Waals surface area contributed by atoms with E-state index in [1.54, 1.807) is 0 Å². The number of nitrogens with zero attached hydrogens (tertiary/aromatic N) is 1. The molecule has 1 heterocycles. The Morgan fingerprint density at radius 3 is 1.76 bits per heavy atom. The zero-order valence-corrected chi connectivity index (χ0v) is 18.8. The van der Waals surface area contributed by atoms with Crippen LogP contribution in [0, 0.1) is 17.5 Å². The van der Waals surface area contributed by atoms with Crippen LogP contribution in [0.2, 0.25) is 0 Å². The Balaban J connectivity index is 0.00000274. The second-order valence-corrected chi connectivity index (χ2v) is 8.24. The molecule has 176 valence electrons. The molecule has 1 fully saturated rings. The molecule has 1 aliphatic heterocycles. The van der Waals surface area contributed by atoms with Gasteiger partial charge in [-0.15, -0.1) is 12.4 Å². The maximum atomic E-state index is 15.1. The molecule has 0 N–H and O–H groups in total. The fourth-order valence-corrected chi connectivity index (χ4v) is 4.68. The number of likely N-dealkylation sites (tertiary alicyclic amines) is 1. The Bertz CT molecular complexity index is 1240. The lowest BCUT2D eigenvalue weighted by Crippen LogP contribution is -2.44. The summed E-state index contributed by atoms with van der Waals surface area (Å²) in [4.78, 5) is 0.833. The van der Waals surface area contributed by atoms with E-state index >= 15 is 8.78 Å². The molecular weight excluding hydrogens is 469 g/mol. The predicted molar refractivity (Wildman–Crippen MR) is 126 cm³/mol. The average Bonchev–Trinajstić information content (AvgIpc) is 2.99. The van der Waals surface area contributed by atoms with Crippen LogP contribution in [0.5, 0.6) is 0 Å². The van der Waals surface area contributed by atoms with Crippen molar-refractivity contribution in [2.45, 2.75) is 18.9 Å². The molecule has 0 spiro atoms. The Morgan fingerprint density at radius 1 is 0.676 bits per heavy atom. The van der Waals surface area contributed by atoms with E-state index in [-0.39, 0.29) is 25.5 Å². The molecule has 0 radical (unpaired) electrons.